The summed E-state index contributed by atoms with van der Waals surface area (Å²) < 4.78 is 16.7. The molecule has 0 N–H and O–H groups in total. The molecule has 4 rings (SSSR count). The van der Waals surface area contributed by atoms with Gasteiger partial charge >= 0.3 is 5.97 Å². The van der Waals surface area contributed by atoms with E-state index < -0.39 is 12.1 Å². The molecular formula is C21H22N2O5. The fraction of sp³-hybridized carbons (Fsp3) is 0.333. The predicted octanol–water partition coefficient (Wildman–Crippen LogP) is 2.10. The van der Waals surface area contributed by atoms with E-state index in [9.17, 15) is 9.59 Å². The van der Waals surface area contributed by atoms with Crippen molar-refractivity contribution in [2.45, 2.75) is 13.0 Å². The Morgan fingerprint density at radius 3 is 2.32 bits per heavy atom. The van der Waals surface area contributed by atoms with Crippen LogP contribution in [-0.2, 0) is 9.59 Å². The molecule has 1 atom stereocenters. The van der Waals surface area contributed by atoms with Crippen LogP contribution in [-0.4, -0.2) is 55.7 Å². The van der Waals surface area contributed by atoms with Gasteiger partial charge in [0.1, 0.15) is 12.4 Å². The number of carbonyl (C=O) groups is 2. The van der Waals surface area contributed by atoms with E-state index in [1.807, 2.05) is 29.2 Å². The molecule has 0 saturated carbocycles. The van der Waals surface area contributed by atoms with Crippen LogP contribution in [0.15, 0.2) is 48.5 Å². The number of carbonyl (C=O) groups excluding carboxylic acids is 2. The lowest BCUT2D eigenvalue weighted by Gasteiger charge is -2.35. The van der Waals surface area contributed by atoms with Crippen LogP contribution in [0.25, 0.3) is 0 Å². The summed E-state index contributed by atoms with van der Waals surface area (Å²) in [6.07, 6.45) is -0.797. The second-order valence-electron chi connectivity index (χ2n) is 6.77. The van der Waals surface area contributed by atoms with E-state index in [0.717, 1.165) is 18.8 Å². The van der Waals surface area contributed by atoms with Gasteiger partial charge in [0.05, 0.1) is 0 Å². The van der Waals surface area contributed by atoms with Gasteiger partial charge in [-0.2, -0.15) is 0 Å². The normalized spacial score (nSPS) is 18.5. The van der Waals surface area contributed by atoms with Crippen LogP contribution in [0.1, 0.15) is 6.92 Å². The van der Waals surface area contributed by atoms with Crippen LogP contribution < -0.4 is 19.1 Å². The summed E-state index contributed by atoms with van der Waals surface area (Å²) in [6.45, 7) is 4.71. The molecule has 0 radical (unpaired) electrons. The quantitative estimate of drug-likeness (QED) is 0.598. The molecule has 1 amide bonds. The maximum Gasteiger partial charge on any atom is 0.356 e. The third kappa shape index (κ3) is 3.88. The maximum atomic E-state index is 12.4. The minimum atomic E-state index is -0.797. The Kier molecular flexibility index (Phi) is 5.06. The highest BCUT2D eigenvalue weighted by atomic mass is 16.6. The topological polar surface area (TPSA) is 68.3 Å². The largest absolute Gasteiger partial charge is 0.485 e. The second-order valence-corrected chi connectivity index (χ2v) is 6.77. The van der Waals surface area contributed by atoms with Crippen molar-refractivity contribution in [1.29, 1.82) is 0 Å². The molecule has 1 fully saturated rings. The Morgan fingerprint density at radius 2 is 1.64 bits per heavy atom. The van der Waals surface area contributed by atoms with E-state index in [1.54, 1.807) is 31.2 Å². The minimum Gasteiger partial charge on any atom is -0.485 e. The smallest absolute Gasteiger partial charge is 0.356 e. The molecule has 7 heteroatoms. The maximum absolute atomic E-state index is 12.4. The van der Waals surface area contributed by atoms with Crippen LogP contribution >= 0.6 is 0 Å². The number of piperazine rings is 1. The van der Waals surface area contributed by atoms with E-state index in [-0.39, 0.29) is 12.5 Å². The summed E-state index contributed by atoms with van der Waals surface area (Å²) in [5, 5.41) is 0. The Bertz CT molecular complexity index is 859. The minimum absolute atomic E-state index is 0.110. The molecule has 28 heavy (non-hydrogen) atoms. The number of anilines is 1. The summed E-state index contributed by atoms with van der Waals surface area (Å²) in [5.74, 6) is 1.24. The summed E-state index contributed by atoms with van der Waals surface area (Å²) in [6, 6.07) is 14.6. The SMILES string of the molecule is CC(=O)N1CCN(c2ccc(OC(=O)[C@@H]3COc4ccccc4O3)cc2)CC1. The van der Waals surface area contributed by atoms with Crippen LogP contribution in [0.5, 0.6) is 17.2 Å². The molecule has 1 saturated heterocycles. The molecule has 2 aromatic carbocycles. The van der Waals surface area contributed by atoms with E-state index in [2.05, 4.69) is 4.90 Å². The summed E-state index contributed by atoms with van der Waals surface area (Å²) >= 11 is 0. The van der Waals surface area contributed by atoms with Crippen LogP contribution in [0.3, 0.4) is 0 Å². The van der Waals surface area contributed by atoms with Crippen molar-refractivity contribution in [3.05, 3.63) is 48.5 Å². The predicted molar refractivity (Wildman–Crippen MR) is 103 cm³/mol. The molecule has 0 aromatic heterocycles. The van der Waals surface area contributed by atoms with Gasteiger partial charge in [-0.05, 0) is 36.4 Å². The fourth-order valence-electron chi connectivity index (χ4n) is 3.32. The average Bonchev–Trinajstić information content (AvgIpc) is 2.74. The van der Waals surface area contributed by atoms with Crippen LogP contribution in [0.4, 0.5) is 5.69 Å². The summed E-state index contributed by atoms with van der Waals surface area (Å²) in [7, 11) is 0. The molecule has 2 heterocycles. The number of amides is 1. The number of esters is 1. The first-order valence-corrected chi connectivity index (χ1v) is 9.31. The van der Waals surface area contributed by atoms with Crippen LogP contribution in [0, 0.1) is 0 Å². The molecule has 7 nitrogen and oxygen atoms in total. The zero-order valence-electron chi connectivity index (χ0n) is 15.7. The number of rotatable bonds is 3. The highest BCUT2D eigenvalue weighted by Gasteiger charge is 2.29. The van der Waals surface area contributed by atoms with E-state index >= 15 is 0 Å². The van der Waals surface area contributed by atoms with Crippen molar-refractivity contribution in [1.82, 2.24) is 4.90 Å². The number of para-hydroxylation sites is 2. The Morgan fingerprint density at radius 1 is 0.964 bits per heavy atom. The molecule has 146 valence electrons. The van der Waals surface area contributed by atoms with E-state index in [4.69, 9.17) is 14.2 Å². The highest BCUT2D eigenvalue weighted by Crippen LogP contribution is 2.31. The van der Waals surface area contributed by atoms with Gasteiger partial charge in [-0.25, -0.2) is 4.79 Å². The second kappa shape index (κ2) is 7.80. The molecule has 2 aliphatic rings. The lowest BCUT2D eigenvalue weighted by atomic mass is 10.2. The summed E-state index contributed by atoms with van der Waals surface area (Å²) in [5.41, 5.74) is 1.04. The van der Waals surface area contributed by atoms with Crippen molar-refractivity contribution in [3.63, 3.8) is 0 Å². The number of hydrogen-bond donors (Lipinski definition) is 0. The van der Waals surface area contributed by atoms with Crippen LogP contribution in [0.2, 0.25) is 0 Å². The Labute approximate surface area is 163 Å². The highest BCUT2D eigenvalue weighted by molar-refractivity contribution is 5.78. The fourth-order valence-corrected chi connectivity index (χ4v) is 3.32. The van der Waals surface area contributed by atoms with Gasteiger partial charge in [-0.15, -0.1) is 0 Å². The first-order chi connectivity index (χ1) is 13.6. The Hall–Kier alpha value is -3.22. The number of ether oxygens (including phenoxy) is 3. The summed E-state index contributed by atoms with van der Waals surface area (Å²) in [4.78, 5) is 27.9. The van der Waals surface area contributed by atoms with Gasteiger partial charge in [0.2, 0.25) is 12.0 Å². The molecule has 0 aliphatic carbocycles. The Balaban J connectivity index is 1.34. The van der Waals surface area contributed by atoms with Gasteiger partial charge in [0.15, 0.2) is 11.5 Å². The monoisotopic (exact) mass is 382 g/mol. The molecule has 2 aromatic rings. The first kappa shape index (κ1) is 18.2. The molecule has 0 bridgehead atoms. The number of benzene rings is 2. The van der Waals surface area contributed by atoms with Crippen molar-refractivity contribution in [2.24, 2.45) is 0 Å². The van der Waals surface area contributed by atoms with Crippen molar-refractivity contribution >= 4 is 17.6 Å². The first-order valence-electron chi connectivity index (χ1n) is 9.31. The molecule has 0 spiro atoms. The lowest BCUT2D eigenvalue weighted by Crippen LogP contribution is -2.48. The molecular weight excluding hydrogens is 360 g/mol. The van der Waals surface area contributed by atoms with Gasteiger partial charge < -0.3 is 24.0 Å². The molecule has 0 unspecified atom stereocenters. The van der Waals surface area contributed by atoms with E-state index in [0.29, 0.717) is 30.3 Å². The van der Waals surface area contributed by atoms with Crippen molar-refractivity contribution in [3.8, 4) is 17.2 Å². The van der Waals surface area contributed by atoms with Crippen molar-refractivity contribution < 1.29 is 23.8 Å². The molecule has 2 aliphatic heterocycles. The number of hydrogen-bond acceptors (Lipinski definition) is 6. The van der Waals surface area contributed by atoms with Gasteiger partial charge in [-0.3, -0.25) is 4.79 Å². The van der Waals surface area contributed by atoms with Gasteiger partial charge in [-0.1, -0.05) is 12.1 Å². The number of nitrogens with zero attached hydrogens (tertiary/aromatic N) is 2. The van der Waals surface area contributed by atoms with Gasteiger partial charge in [0, 0.05) is 38.8 Å². The zero-order valence-corrected chi connectivity index (χ0v) is 15.7. The lowest BCUT2D eigenvalue weighted by molar-refractivity contribution is -0.144. The third-order valence-electron chi connectivity index (χ3n) is 4.92. The third-order valence-corrected chi connectivity index (χ3v) is 4.92. The van der Waals surface area contributed by atoms with Gasteiger partial charge in [0.25, 0.3) is 0 Å². The standard InChI is InChI=1S/C21H22N2O5/c1-15(24)22-10-12-23(13-11-22)16-6-8-17(9-7-16)27-21(25)20-14-26-18-4-2-3-5-19(18)28-20/h2-9,20H,10-14H2,1H3/t20-/m0/s1. The zero-order chi connectivity index (χ0) is 19.5. The van der Waals surface area contributed by atoms with E-state index in [1.165, 1.54) is 0 Å². The van der Waals surface area contributed by atoms with Crippen molar-refractivity contribution in [2.75, 3.05) is 37.7 Å². The number of fused-ring (bicyclic) bond motifs is 1. The average molecular weight is 382 g/mol.